The van der Waals surface area contributed by atoms with Gasteiger partial charge in [-0.2, -0.15) is 19.0 Å². The molecule has 0 aliphatic carbocycles. The van der Waals surface area contributed by atoms with Crippen molar-refractivity contribution in [2.75, 3.05) is 12.4 Å². The molecular formula is C23H17F3N2O4S. The minimum absolute atomic E-state index is 0.0877. The third kappa shape index (κ3) is 6.17. The highest BCUT2D eigenvalue weighted by atomic mass is 32.2. The lowest BCUT2D eigenvalue weighted by Crippen LogP contribution is -2.08. The van der Waals surface area contributed by atoms with Crippen LogP contribution in [0.5, 0.6) is 17.4 Å². The van der Waals surface area contributed by atoms with Crippen LogP contribution in [0.3, 0.4) is 0 Å². The molecule has 0 bridgehead atoms. The van der Waals surface area contributed by atoms with Crippen LogP contribution in [0.4, 0.5) is 13.2 Å². The highest BCUT2D eigenvalue weighted by Gasteiger charge is 2.24. The van der Waals surface area contributed by atoms with Crippen molar-refractivity contribution in [1.29, 1.82) is 5.26 Å². The predicted molar refractivity (Wildman–Crippen MR) is 113 cm³/mol. The van der Waals surface area contributed by atoms with E-state index in [1.54, 1.807) is 6.92 Å². The van der Waals surface area contributed by atoms with E-state index >= 15 is 0 Å². The van der Waals surface area contributed by atoms with Crippen LogP contribution in [0.25, 0.3) is 0 Å². The molecule has 6 nitrogen and oxygen atoms in total. The number of hydrogen-bond donors (Lipinski definition) is 0. The van der Waals surface area contributed by atoms with Crippen LogP contribution in [0, 0.1) is 28.9 Å². The van der Waals surface area contributed by atoms with E-state index in [4.69, 9.17) is 14.2 Å². The fraction of sp³-hybridized carbons (Fsp3) is 0.174. The minimum Gasteiger partial charge on any atom is -0.485 e. The number of hydrogen-bond acceptors (Lipinski definition) is 7. The fourth-order valence-electron chi connectivity index (χ4n) is 2.62. The Kier molecular flexibility index (Phi) is 8.16. The lowest BCUT2D eigenvalue weighted by Gasteiger charge is -2.14. The summed E-state index contributed by atoms with van der Waals surface area (Å²) in [5.74, 6) is -6.51. The molecule has 0 N–H and O–H groups in total. The number of halogens is 3. The van der Waals surface area contributed by atoms with E-state index in [1.165, 1.54) is 18.2 Å². The van der Waals surface area contributed by atoms with Crippen LogP contribution in [0.2, 0.25) is 0 Å². The number of ether oxygens (including phenoxy) is 3. The van der Waals surface area contributed by atoms with E-state index in [9.17, 15) is 23.2 Å². The van der Waals surface area contributed by atoms with Gasteiger partial charge >= 0.3 is 5.97 Å². The summed E-state index contributed by atoms with van der Waals surface area (Å²) in [7, 11) is 0. The molecule has 0 radical (unpaired) electrons. The molecule has 0 atom stereocenters. The van der Waals surface area contributed by atoms with E-state index < -0.39 is 40.1 Å². The second-order valence-electron chi connectivity index (χ2n) is 6.41. The standard InChI is InChI=1S/C23H17F3N2O4S/c1-2-30-18(29)13-33-21-19(24)22(26)28-23(20(21)25)32-17-10-15(11-27)8-9-16(17)31-12-14-6-4-3-5-7-14/h3-10H,2,12-13H2,1H3. The maximum absolute atomic E-state index is 14.9. The van der Waals surface area contributed by atoms with Gasteiger partial charge in [0.1, 0.15) is 6.61 Å². The lowest BCUT2D eigenvalue weighted by molar-refractivity contribution is -0.139. The molecule has 170 valence electrons. The Morgan fingerprint density at radius 2 is 1.85 bits per heavy atom. The van der Waals surface area contributed by atoms with E-state index in [1.807, 2.05) is 36.4 Å². The van der Waals surface area contributed by atoms with E-state index in [-0.39, 0.29) is 30.3 Å². The van der Waals surface area contributed by atoms with Gasteiger partial charge in [-0.1, -0.05) is 30.3 Å². The van der Waals surface area contributed by atoms with Gasteiger partial charge in [-0.05, 0) is 24.6 Å². The van der Waals surface area contributed by atoms with Crippen molar-refractivity contribution < 1.29 is 32.2 Å². The van der Waals surface area contributed by atoms with Crippen molar-refractivity contribution in [2.24, 2.45) is 0 Å². The molecule has 0 aliphatic rings. The van der Waals surface area contributed by atoms with E-state index in [0.29, 0.717) is 11.8 Å². The van der Waals surface area contributed by atoms with Crippen LogP contribution >= 0.6 is 11.8 Å². The van der Waals surface area contributed by atoms with Gasteiger partial charge < -0.3 is 14.2 Å². The zero-order valence-corrected chi connectivity index (χ0v) is 18.1. The first-order valence-corrected chi connectivity index (χ1v) is 10.6. The smallest absolute Gasteiger partial charge is 0.316 e. The fourth-order valence-corrected chi connectivity index (χ4v) is 3.39. The van der Waals surface area contributed by atoms with Crippen LogP contribution in [0.15, 0.2) is 53.4 Å². The first kappa shape index (κ1) is 23.9. The van der Waals surface area contributed by atoms with Gasteiger partial charge in [0, 0.05) is 6.07 Å². The summed E-state index contributed by atoms with van der Waals surface area (Å²) in [4.78, 5) is 13.9. The Bertz CT molecular complexity index is 1190. The summed E-state index contributed by atoms with van der Waals surface area (Å²) in [6.07, 6.45) is 0. The maximum atomic E-state index is 14.9. The summed E-state index contributed by atoms with van der Waals surface area (Å²) in [6, 6.07) is 15.2. The van der Waals surface area contributed by atoms with Crippen molar-refractivity contribution in [2.45, 2.75) is 18.4 Å². The number of carbonyl (C=O) groups excluding carboxylic acids is 1. The van der Waals surface area contributed by atoms with Gasteiger partial charge in [0.25, 0.3) is 11.8 Å². The van der Waals surface area contributed by atoms with Crippen LogP contribution in [-0.2, 0) is 16.1 Å². The van der Waals surface area contributed by atoms with Crippen molar-refractivity contribution in [3.05, 3.63) is 77.2 Å². The van der Waals surface area contributed by atoms with Gasteiger partial charge in [0.05, 0.1) is 28.9 Å². The second kappa shape index (κ2) is 11.2. The molecule has 0 aliphatic heterocycles. The average molecular weight is 474 g/mol. The number of esters is 1. The Hall–Kier alpha value is -3.71. The number of pyridine rings is 1. The largest absolute Gasteiger partial charge is 0.485 e. The van der Waals surface area contributed by atoms with Crippen LogP contribution in [0.1, 0.15) is 18.1 Å². The number of nitriles is 1. The molecule has 3 aromatic rings. The van der Waals surface area contributed by atoms with Crippen molar-refractivity contribution in [3.63, 3.8) is 0 Å². The Morgan fingerprint density at radius 3 is 2.55 bits per heavy atom. The molecule has 2 aromatic carbocycles. The highest BCUT2D eigenvalue weighted by molar-refractivity contribution is 8.00. The predicted octanol–water partition coefficient (Wildman–Crippen LogP) is 5.40. The lowest BCUT2D eigenvalue weighted by atomic mass is 10.2. The molecule has 0 amide bonds. The Balaban J connectivity index is 1.90. The minimum atomic E-state index is -1.61. The second-order valence-corrected chi connectivity index (χ2v) is 7.39. The normalized spacial score (nSPS) is 10.4. The third-order valence-corrected chi connectivity index (χ3v) is 5.15. The molecule has 1 heterocycles. The van der Waals surface area contributed by atoms with Crippen molar-refractivity contribution in [3.8, 4) is 23.4 Å². The monoisotopic (exact) mass is 474 g/mol. The summed E-state index contributed by atoms with van der Waals surface area (Å²) in [6.45, 7) is 1.80. The highest BCUT2D eigenvalue weighted by Crippen LogP contribution is 2.37. The third-order valence-electron chi connectivity index (χ3n) is 4.12. The quantitative estimate of drug-likeness (QED) is 0.233. The first-order chi connectivity index (χ1) is 15.9. The zero-order valence-electron chi connectivity index (χ0n) is 17.3. The molecule has 0 spiro atoms. The maximum Gasteiger partial charge on any atom is 0.316 e. The number of carbonyl (C=O) groups is 1. The van der Waals surface area contributed by atoms with Gasteiger partial charge in [0.2, 0.25) is 5.82 Å². The molecule has 1 aromatic heterocycles. The van der Waals surface area contributed by atoms with Gasteiger partial charge in [0.15, 0.2) is 17.3 Å². The molecule has 0 unspecified atom stereocenters. The SMILES string of the molecule is CCOC(=O)CSc1c(F)c(F)nc(Oc2cc(C#N)ccc2OCc2ccccc2)c1F. The molecule has 3 rings (SSSR count). The van der Waals surface area contributed by atoms with Crippen LogP contribution < -0.4 is 9.47 Å². The molecule has 33 heavy (non-hydrogen) atoms. The topological polar surface area (TPSA) is 81.4 Å². The number of rotatable bonds is 9. The number of nitrogens with zero attached hydrogens (tertiary/aromatic N) is 2. The number of thioether (sulfide) groups is 1. The van der Waals surface area contributed by atoms with E-state index in [0.717, 1.165) is 5.56 Å². The summed E-state index contributed by atoms with van der Waals surface area (Å²) in [5, 5.41) is 9.18. The number of aromatic nitrogens is 1. The number of benzene rings is 2. The van der Waals surface area contributed by atoms with Gasteiger partial charge in [-0.3, -0.25) is 4.79 Å². The summed E-state index contributed by atoms with van der Waals surface area (Å²) < 4.78 is 59.0. The Labute approximate surface area is 191 Å². The molecule has 10 heteroatoms. The zero-order chi connectivity index (χ0) is 23.8. The van der Waals surface area contributed by atoms with E-state index in [2.05, 4.69) is 4.98 Å². The Morgan fingerprint density at radius 1 is 1.09 bits per heavy atom. The average Bonchev–Trinajstić information content (AvgIpc) is 2.82. The van der Waals surface area contributed by atoms with Crippen LogP contribution in [-0.4, -0.2) is 23.3 Å². The molecule has 0 fully saturated rings. The molecular weight excluding hydrogens is 457 g/mol. The van der Waals surface area contributed by atoms with Gasteiger partial charge in [-0.15, -0.1) is 11.8 Å². The molecule has 0 saturated heterocycles. The first-order valence-electron chi connectivity index (χ1n) is 9.64. The van der Waals surface area contributed by atoms with Gasteiger partial charge in [-0.25, -0.2) is 4.39 Å². The summed E-state index contributed by atoms with van der Waals surface area (Å²) >= 11 is 0.412. The molecule has 0 saturated carbocycles. The summed E-state index contributed by atoms with van der Waals surface area (Å²) in [5.41, 5.74) is 1.000. The van der Waals surface area contributed by atoms with Crippen molar-refractivity contribution in [1.82, 2.24) is 4.98 Å². The van der Waals surface area contributed by atoms with Crippen molar-refractivity contribution >= 4 is 17.7 Å².